The molecule has 1 aromatic rings. The van der Waals surface area contributed by atoms with Crippen LogP contribution in [0.3, 0.4) is 0 Å². The summed E-state index contributed by atoms with van der Waals surface area (Å²) < 4.78 is 18.8. The Labute approximate surface area is 128 Å². The Morgan fingerprint density at radius 2 is 1.90 bits per heavy atom. The lowest BCUT2D eigenvalue weighted by atomic mass is 9.92. The molecular weight excluding hydrogens is 297 g/mol. The fourth-order valence-corrected chi connectivity index (χ4v) is 1.79. The van der Waals surface area contributed by atoms with Gasteiger partial charge in [-0.15, -0.1) is 0 Å². The summed E-state index contributed by atoms with van der Waals surface area (Å²) in [6.45, 7) is 6.67. The van der Waals surface area contributed by atoms with E-state index in [0.29, 0.717) is 11.8 Å². The van der Waals surface area contributed by atoms with Crippen molar-refractivity contribution >= 4 is 24.0 Å². The van der Waals surface area contributed by atoms with Crippen LogP contribution in [0.1, 0.15) is 33.3 Å². The maximum absolute atomic E-state index is 13.6. The van der Waals surface area contributed by atoms with Crippen LogP contribution in [0.5, 0.6) is 0 Å². The summed E-state index contributed by atoms with van der Waals surface area (Å²) in [5.41, 5.74) is -1.73. The number of amides is 1. The number of rotatable bonds is 3. The number of halogens is 2. The van der Waals surface area contributed by atoms with Gasteiger partial charge >= 0.3 is 6.09 Å². The van der Waals surface area contributed by atoms with Gasteiger partial charge in [-0.3, -0.25) is 4.90 Å². The summed E-state index contributed by atoms with van der Waals surface area (Å²) >= 11 is 5.63. The number of aldehydes is 1. The Kier molecular flexibility index (Phi) is 4.99. The summed E-state index contributed by atoms with van der Waals surface area (Å²) in [5.74, 6) is -0.653. The fourth-order valence-electron chi connectivity index (χ4n) is 1.67. The highest BCUT2D eigenvalue weighted by atomic mass is 35.5. The van der Waals surface area contributed by atoms with Crippen molar-refractivity contribution < 1.29 is 18.7 Å². The number of hydrogen-bond donors (Lipinski definition) is 0. The zero-order valence-electron chi connectivity index (χ0n) is 12.7. The van der Waals surface area contributed by atoms with E-state index in [1.165, 1.54) is 26.1 Å². The zero-order chi connectivity index (χ0) is 16.4. The molecule has 0 aliphatic rings. The molecule has 0 saturated heterocycles. The zero-order valence-corrected chi connectivity index (χ0v) is 13.5. The molecule has 0 aromatic heterocycles. The van der Waals surface area contributed by atoms with E-state index in [-0.39, 0.29) is 5.02 Å². The van der Waals surface area contributed by atoms with Gasteiger partial charge < -0.3 is 9.53 Å². The second-order valence-corrected chi connectivity index (χ2v) is 6.34. The van der Waals surface area contributed by atoms with Gasteiger partial charge in [-0.25, -0.2) is 9.18 Å². The van der Waals surface area contributed by atoms with Gasteiger partial charge in [-0.1, -0.05) is 17.7 Å². The van der Waals surface area contributed by atoms with E-state index in [1.54, 1.807) is 20.8 Å². The van der Waals surface area contributed by atoms with Crippen molar-refractivity contribution in [2.45, 2.75) is 38.8 Å². The van der Waals surface area contributed by atoms with Crippen LogP contribution in [0.4, 0.5) is 9.18 Å². The van der Waals surface area contributed by atoms with E-state index >= 15 is 0 Å². The Morgan fingerprint density at radius 1 is 1.33 bits per heavy atom. The maximum Gasteiger partial charge on any atom is 0.411 e. The normalized spacial score (nSPS) is 14.2. The third-order valence-electron chi connectivity index (χ3n) is 3.10. The first-order valence-corrected chi connectivity index (χ1v) is 6.78. The monoisotopic (exact) mass is 315 g/mol. The molecule has 0 spiro atoms. The average Bonchev–Trinajstić information content (AvgIpc) is 2.38. The van der Waals surface area contributed by atoms with Crippen molar-refractivity contribution in [1.82, 2.24) is 4.90 Å². The number of carbonyl (C=O) groups is 2. The molecule has 1 rings (SSSR count). The summed E-state index contributed by atoms with van der Waals surface area (Å²) in [5, 5.41) is -0.0491. The molecule has 0 heterocycles. The molecule has 21 heavy (non-hydrogen) atoms. The minimum absolute atomic E-state index is 0.0491. The van der Waals surface area contributed by atoms with Crippen molar-refractivity contribution in [2.24, 2.45) is 0 Å². The lowest BCUT2D eigenvalue weighted by molar-refractivity contribution is -0.117. The van der Waals surface area contributed by atoms with E-state index in [1.807, 2.05) is 0 Å². The SMILES string of the molecule is CN(C(=O)OC(C)(C)C)C(C)(C=O)c1ccc(Cl)c(F)c1. The minimum Gasteiger partial charge on any atom is -0.444 e. The first kappa shape index (κ1) is 17.4. The summed E-state index contributed by atoms with van der Waals surface area (Å²) in [4.78, 5) is 24.8. The van der Waals surface area contributed by atoms with E-state index in [4.69, 9.17) is 16.3 Å². The molecule has 116 valence electrons. The average molecular weight is 316 g/mol. The van der Waals surface area contributed by atoms with E-state index in [0.717, 1.165) is 11.0 Å². The second kappa shape index (κ2) is 6.02. The van der Waals surface area contributed by atoms with E-state index < -0.39 is 23.1 Å². The van der Waals surface area contributed by atoms with Crippen LogP contribution in [0.15, 0.2) is 18.2 Å². The molecule has 0 radical (unpaired) electrons. The van der Waals surface area contributed by atoms with Crippen LogP contribution >= 0.6 is 11.6 Å². The van der Waals surface area contributed by atoms with Gasteiger partial charge in [0.05, 0.1) is 5.02 Å². The Balaban J connectivity index is 3.16. The number of nitrogens with zero attached hydrogens (tertiary/aromatic N) is 1. The summed E-state index contributed by atoms with van der Waals surface area (Å²) in [6.07, 6.45) is -0.105. The van der Waals surface area contributed by atoms with Gasteiger partial charge in [0, 0.05) is 7.05 Å². The number of benzene rings is 1. The Hall–Kier alpha value is -1.62. The van der Waals surface area contributed by atoms with Crippen LogP contribution < -0.4 is 0 Å². The molecule has 1 atom stereocenters. The molecule has 1 unspecified atom stereocenters. The molecule has 0 aliphatic heterocycles. The predicted molar refractivity (Wildman–Crippen MR) is 78.8 cm³/mol. The first-order valence-electron chi connectivity index (χ1n) is 6.40. The number of carbonyl (C=O) groups excluding carboxylic acids is 2. The number of hydrogen-bond acceptors (Lipinski definition) is 3. The minimum atomic E-state index is -1.35. The molecule has 0 N–H and O–H groups in total. The van der Waals surface area contributed by atoms with Gasteiger partial charge in [0.15, 0.2) is 0 Å². The maximum atomic E-state index is 13.6. The molecule has 0 fully saturated rings. The highest BCUT2D eigenvalue weighted by molar-refractivity contribution is 6.30. The molecular formula is C15H19ClFNO3. The predicted octanol–water partition coefficient (Wildman–Crippen LogP) is 3.76. The third-order valence-corrected chi connectivity index (χ3v) is 3.40. The van der Waals surface area contributed by atoms with Crippen LogP contribution in [0.25, 0.3) is 0 Å². The quantitative estimate of drug-likeness (QED) is 0.798. The molecule has 1 aromatic carbocycles. The summed E-state index contributed by atoms with van der Waals surface area (Å²) in [6, 6.07) is 3.98. The van der Waals surface area contributed by atoms with Gasteiger partial charge in [-0.05, 0) is 45.4 Å². The van der Waals surface area contributed by atoms with Crippen molar-refractivity contribution in [1.29, 1.82) is 0 Å². The first-order chi connectivity index (χ1) is 9.51. The highest BCUT2D eigenvalue weighted by Crippen LogP contribution is 2.29. The van der Waals surface area contributed by atoms with Crippen LogP contribution in [-0.2, 0) is 15.1 Å². The molecule has 0 bridgehead atoms. The van der Waals surface area contributed by atoms with Crippen molar-refractivity contribution in [3.63, 3.8) is 0 Å². The van der Waals surface area contributed by atoms with Gasteiger partial charge in [-0.2, -0.15) is 0 Å². The molecule has 0 saturated carbocycles. The second-order valence-electron chi connectivity index (χ2n) is 5.93. The van der Waals surface area contributed by atoms with Crippen molar-refractivity contribution in [3.8, 4) is 0 Å². The van der Waals surface area contributed by atoms with Crippen LogP contribution in [0.2, 0.25) is 5.02 Å². The molecule has 6 heteroatoms. The Bertz CT molecular complexity index is 556. The molecule has 0 aliphatic carbocycles. The summed E-state index contributed by atoms with van der Waals surface area (Å²) in [7, 11) is 1.43. The Morgan fingerprint density at radius 3 is 2.33 bits per heavy atom. The smallest absolute Gasteiger partial charge is 0.411 e. The van der Waals surface area contributed by atoms with Crippen molar-refractivity contribution in [2.75, 3.05) is 7.05 Å². The topological polar surface area (TPSA) is 46.6 Å². The number of likely N-dealkylation sites (N-methyl/N-ethyl adjacent to an activating group) is 1. The van der Waals surface area contributed by atoms with Crippen LogP contribution in [-0.4, -0.2) is 29.9 Å². The fraction of sp³-hybridized carbons (Fsp3) is 0.467. The van der Waals surface area contributed by atoms with Gasteiger partial charge in [0.1, 0.15) is 23.2 Å². The number of ether oxygens (including phenoxy) is 1. The lowest BCUT2D eigenvalue weighted by Crippen LogP contribution is -2.48. The van der Waals surface area contributed by atoms with E-state index in [9.17, 15) is 14.0 Å². The van der Waals surface area contributed by atoms with E-state index in [2.05, 4.69) is 0 Å². The largest absolute Gasteiger partial charge is 0.444 e. The van der Waals surface area contributed by atoms with Crippen LogP contribution in [0, 0.1) is 5.82 Å². The lowest BCUT2D eigenvalue weighted by Gasteiger charge is -2.35. The standard InChI is InChI=1S/C15H19ClFNO3/c1-14(2,3)21-13(20)18(5)15(4,9-19)10-6-7-11(16)12(17)8-10/h6-9H,1-5H3. The van der Waals surface area contributed by atoms with Gasteiger partial charge in [0.25, 0.3) is 0 Å². The third kappa shape index (κ3) is 3.94. The van der Waals surface area contributed by atoms with Crippen molar-refractivity contribution in [3.05, 3.63) is 34.6 Å². The molecule has 4 nitrogen and oxygen atoms in total. The molecule has 1 amide bonds. The highest BCUT2D eigenvalue weighted by Gasteiger charge is 2.37. The van der Waals surface area contributed by atoms with Gasteiger partial charge in [0.2, 0.25) is 0 Å².